The summed E-state index contributed by atoms with van der Waals surface area (Å²) in [6, 6.07) is 0. The average molecular weight is 233 g/mol. The topological polar surface area (TPSA) is 17.1 Å². The van der Waals surface area contributed by atoms with Crippen molar-refractivity contribution in [3.8, 4) is 0 Å². The highest BCUT2D eigenvalue weighted by Gasteiger charge is 2.66. The lowest BCUT2D eigenvalue weighted by molar-refractivity contribution is -0.137. The molecule has 0 atom stereocenters. The molecule has 0 heterocycles. The van der Waals surface area contributed by atoms with Crippen LogP contribution in [0.4, 0.5) is 0 Å². The van der Waals surface area contributed by atoms with Gasteiger partial charge in [-0.2, -0.15) is 0 Å². The fraction of sp³-hybridized carbons (Fsp3) is 0.909. The van der Waals surface area contributed by atoms with Crippen LogP contribution < -0.4 is 0 Å². The number of hydrogen-bond donors (Lipinski definition) is 0. The Kier molecular flexibility index (Phi) is 1.69. The number of alkyl halides is 2. The van der Waals surface area contributed by atoms with Crippen molar-refractivity contribution in [2.24, 2.45) is 10.8 Å². The van der Waals surface area contributed by atoms with Gasteiger partial charge in [0.25, 0.3) is 0 Å². The Labute approximate surface area is 94.1 Å². The van der Waals surface area contributed by atoms with E-state index in [1.54, 1.807) is 0 Å². The van der Waals surface area contributed by atoms with Gasteiger partial charge in [0.15, 0.2) is 10.1 Å². The fourth-order valence-electron chi connectivity index (χ4n) is 3.14. The molecule has 0 aromatic heterocycles. The molecule has 3 saturated carbocycles. The third-order valence-electron chi connectivity index (χ3n) is 4.74. The van der Waals surface area contributed by atoms with Gasteiger partial charge in [0, 0.05) is 11.8 Å². The smallest absolute Gasteiger partial charge is 0.181 e. The van der Waals surface area contributed by atoms with E-state index in [2.05, 4.69) is 0 Å². The van der Waals surface area contributed by atoms with Crippen LogP contribution in [0.25, 0.3) is 0 Å². The molecule has 14 heavy (non-hydrogen) atoms. The van der Waals surface area contributed by atoms with Crippen LogP contribution >= 0.6 is 23.2 Å². The van der Waals surface area contributed by atoms with E-state index in [-0.39, 0.29) is 11.2 Å². The van der Waals surface area contributed by atoms with E-state index < -0.39 is 4.33 Å². The molecule has 3 heteroatoms. The van der Waals surface area contributed by atoms with Crippen LogP contribution in [0.5, 0.6) is 0 Å². The molecule has 0 amide bonds. The highest BCUT2D eigenvalue weighted by molar-refractivity contribution is 6.61. The molecule has 0 radical (unpaired) electrons. The first-order chi connectivity index (χ1) is 6.50. The molecule has 0 unspecified atom stereocenters. The zero-order valence-electron chi connectivity index (χ0n) is 8.11. The standard InChI is InChI=1S/C11H14Cl2O/c12-11(13)8(14)7-10(11)5-3-9(1-2-9)4-6-10/h1-7H2. The first-order valence-corrected chi connectivity index (χ1v) is 6.17. The fourth-order valence-corrected chi connectivity index (χ4v) is 3.79. The van der Waals surface area contributed by atoms with Gasteiger partial charge in [-0.05, 0) is 43.9 Å². The van der Waals surface area contributed by atoms with Crippen molar-refractivity contribution < 1.29 is 4.79 Å². The third kappa shape index (κ3) is 1.01. The lowest BCUT2D eigenvalue weighted by Gasteiger charge is -2.54. The third-order valence-corrected chi connectivity index (χ3v) is 5.96. The van der Waals surface area contributed by atoms with Crippen molar-refractivity contribution >= 4 is 29.0 Å². The lowest BCUT2D eigenvalue weighted by Crippen LogP contribution is -2.59. The van der Waals surface area contributed by atoms with Crippen molar-refractivity contribution in [1.82, 2.24) is 0 Å². The SMILES string of the molecule is O=C1CC2(CCC3(CC3)CC2)C1(Cl)Cl. The zero-order valence-corrected chi connectivity index (χ0v) is 9.63. The normalized spacial score (nSPS) is 35.7. The molecule has 3 fully saturated rings. The van der Waals surface area contributed by atoms with Crippen LogP contribution in [0.3, 0.4) is 0 Å². The Hall–Kier alpha value is 0.250. The van der Waals surface area contributed by atoms with Crippen molar-refractivity contribution in [2.45, 2.75) is 49.3 Å². The van der Waals surface area contributed by atoms with Gasteiger partial charge in [0.05, 0.1) is 0 Å². The first kappa shape index (κ1) is 9.47. The second-order valence-corrected chi connectivity index (χ2v) is 6.78. The molecule has 2 spiro atoms. The maximum Gasteiger partial charge on any atom is 0.181 e. The van der Waals surface area contributed by atoms with E-state index in [9.17, 15) is 4.79 Å². The van der Waals surface area contributed by atoms with Crippen LogP contribution in [0.1, 0.15) is 44.9 Å². The van der Waals surface area contributed by atoms with E-state index in [0.717, 1.165) is 12.8 Å². The summed E-state index contributed by atoms with van der Waals surface area (Å²) in [5, 5.41) is 0. The molecule has 0 N–H and O–H groups in total. The summed E-state index contributed by atoms with van der Waals surface area (Å²) in [6.45, 7) is 0. The van der Waals surface area contributed by atoms with Gasteiger partial charge in [-0.3, -0.25) is 4.79 Å². The molecule has 1 nitrogen and oxygen atoms in total. The summed E-state index contributed by atoms with van der Waals surface area (Å²) in [5.74, 6) is 0.0348. The van der Waals surface area contributed by atoms with Crippen molar-refractivity contribution in [1.29, 1.82) is 0 Å². The predicted molar refractivity (Wildman–Crippen MR) is 56.6 cm³/mol. The molecule has 0 aromatic rings. The Bertz CT molecular complexity index is 294. The van der Waals surface area contributed by atoms with Crippen LogP contribution in [-0.4, -0.2) is 10.1 Å². The average Bonchev–Trinajstić information content (AvgIpc) is 2.90. The first-order valence-electron chi connectivity index (χ1n) is 5.41. The molecule has 0 aromatic carbocycles. The Morgan fingerprint density at radius 3 is 1.79 bits per heavy atom. The van der Waals surface area contributed by atoms with E-state index in [0.29, 0.717) is 11.8 Å². The van der Waals surface area contributed by atoms with Gasteiger partial charge in [-0.25, -0.2) is 0 Å². The molecule has 3 aliphatic carbocycles. The van der Waals surface area contributed by atoms with Crippen molar-refractivity contribution in [2.75, 3.05) is 0 Å². The highest BCUT2D eigenvalue weighted by Crippen LogP contribution is 2.68. The molecule has 0 saturated heterocycles. The van der Waals surface area contributed by atoms with Gasteiger partial charge >= 0.3 is 0 Å². The quantitative estimate of drug-likeness (QED) is 0.585. The minimum atomic E-state index is -1.05. The lowest BCUT2D eigenvalue weighted by atomic mass is 9.57. The summed E-state index contributed by atoms with van der Waals surface area (Å²) in [5.41, 5.74) is 0.592. The van der Waals surface area contributed by atoms with Crippen LogP contribution in [0, 0.1) is 10.8 Å². The number of ketones is 1. The van der Waals surface area contributed by atoms with Gasteiger partial charge in [-0.15, -0.1) is 0 Å². The number of hydrogen-bond acceptors (Lipinski definition) is 1. The van der Waals surface area contributed by atoms with Crippen LogP contribution in [-0.2, 0) is 4.79 Å². The van der Waals surface area contributed by atoms with Crippen LogP contribution in [0.15, 0.2) is 0 Å². The monoisotopic (exact) mass is 232 g/mol. The van der Waals surface area contributed by atoms with Gasteiger partial charge in [-0.1, -0.05) is 23.2 Å². The van der Waals surface area contributed by atoms with Gasteiger partial charge in [0.1, 0.15) is 0 Å². The van der Waals surface area contributed by atoms with Crippen LogP contribution in [0.2, 0.25) is 0 Å². The summed E-state index contributed by atoms with van der Waals surface area (Å²) >= 11 is 12.2. The van der Waals surface area contributed by atoms with Crippen molar-refractivity contribution in [3.63, 3.8) is 0 Å². The van der Waals surface area contributed by atoms with E-state index >= 15 is 0 Å². The number of halogens is 2. The second-order valence-electron chi connectivity index (χ2n) is 5.45. The Morgan fingerprint density at radius 1 is 0.929 bits per heavy atom. The van der Waals surface area contributed by atoms with E-state index in [4.69, 9.17) is 23.2 Å². The molecule has 0 bridgehead atoms. The molecule has 3 rings (SSSR count). The molecular formula is C11H14Cl2O. The largest absolute Gasteiger partial charge is 0.296 e. The van der Waals surface area contributed by atoms with Gasteiger partial charge in [0.2, 0.25) is 0 Å². The van der Waals surface area contributed by atoms with Crippen molar-refractivity contribution in [3.05, 3.63) is 0 Å². The number of carbonyl (C=O) groups is 1. The van der Waals surface area contributed by atoms with Gasteiger partial charge < -0.3 is 0 Å². The second kappa shape index (κ2) is 2.49. The maximum absolute atomic E-state index is 11.3. The minimum absolute atomic E-state index is 0.0348. The molecule has 78 valence electrons. The number of carbonyl (C=O) groups excluding carboxylic acids is 1. The summed E-state index contributed by atoms with van der Waals surface area (Å²) in [6.07, 6.45) is 7.99. The minimum Gasteiger partial charge on any atom is -0.296 e. The maximum atomic E-state index is 11.3. The summed E-state index contributed by atoms with van der Waals surface area (Å²) in [7, 11) is 0. The molecular weight excluding hydrogens is 219 g/mol. The Morgan fingerprint density at radius 2 is 1.43 bits per heavy atom. The summed E-state index contributed by atoms with van der Waals surface area (Å²) < 4.78 is -1.05. The number of Topliss-reactive ketones (excluding diaryl/α,β-unsaturated/α-hetero) is 1. The molecule has 3 aliphatic rings. The Balaban J connectivity index is 1.78. The molecule has 0 aliphatic heterocycles. The highest BCUT2D eigenvalue weighted by atomic mass is 35.5. The summed E-state index contributed by atoms with van der Waals surface area (Å²) in [4.78, 5) is 11.3. The zero-order chi connectivity index (χ0) is 10.0. The van der Waals surface area contributed by atoms with E-state index in [1.165, 1.54) is 25.7 Å². The van der Waals surface area contributed by atoms with E-state index in [1.807, 2.05) is 0 Å². The number of rotatable bonds is 0. The predicted octanol–water partition coefficient (Wildman–Crippen LogP) is 3.47.